The summed E-state index contributed by atoms with van der Waals surface area (Å²) in [6.07, 6.45) is 8.51. The average Bonchev–Trinajstić information content (AvgIpc) is 2.98. The molecule has 1 aliphatic heterocycles. The first-order valence-corrected chi connectivity index (χ1v) is 13.4. The van der Waals surface area contributed by atoms with Gasteiger partial charge < -0.3 is 19.8 Å². The highest BCUT2D eigenvalue weighted by atomic mass is 16.5. The molecule has 0 atom stereocenters. The van der Waals surface area contributed by atoms with Gasteiger partial charge in [-0.15, -0.1) is 0 Å². The number of amides is 1. The Kier molecular flexibility index (Phi) is 13.7. The molecule has 218 valence electrons. The minimum Gasteiger partial charge on any atom is -0.495 e. The van der Waals surface area contributed by atoms with Crippen LogP contribution in [0.15, 0.2) is 60.8 Å². The number of aromatic nitrogens is 1. The zero-order valence-electron chi connectivity index (χ0n) is 22.4. The summed E-state index contributed by atoms with van der Waals surface area (Å²) in [7, 11) is 1.73. The Balaban J connectivity index is 0.000000546. The monoisotopic (exact) mass is 554 g/mol. The van der Waals surface area contributed by atoms with Gasteiger partial charge in [0, 0.05) is 63.5 Å². The number of rotatable bonds is 9. The number of carboxylic acid groups (broad SMARTS) is 2. The summed E-state index contributed by atoms with van der Waals surface area (Å²) in [5.41, 5.74) is 1.16. The van der Waals surface area contributed by atoms with E-state index in [1.165, 1.54) is 6.42 Å². The van der Waals surface area contributed by atoms with Crippen LogP contribution in [0.5, 0.6) is 5.75 Å². The first-order chi connectivity index (χ1) is 18.9. The summed E-state index contributed by atoms with van der Waals surface area (Å²) in [5, 5.41) is 15.6. The molecule has 10 nitrogen and oxygen atoms in total. The molecule has 2 N–H and O–H groups in total. The van der Waals surface area contributed by atoms with Crippen molar-refractivity contribution in [3.63, 3.8) is 0 Å². The van der Waals surface area contributed by atoms with E-state index in [-0.39, 0.29) is 19.3 Å². The van der Waals surface area contributed by atoms with Crippen LogP contribution in [0.25, 0.3) is 0 Å². The summed E-state index contributed by atoms with van der Waals surface area (Å²) in [5.74, 6) is -0.398. The largest absolute Gasteiger partial charge is 0.495 e. The highest BCUT2D eigenvalue weighted by Crippen LogP contribution is 2.29. The molecular formula is C30H42N4O6. The van der Waals surface area contributed by atoms with E-state index in [9.17, 15) is 14.4 Å². The van der Waals surface area contributed by atoms with Crippen LogP contribution in [0, 0.1) is 5.92 Å². The summed E-state index contributed by atoms with van der Waals surface area (Å²) >= 11 is 0. The van der Waals surface area contributed by atoms with Gasteiger partial charge in [-0.05, 0) is 37.1 Å². The Morgan fingerprint density at radius 3 is 2.15 bits per heavy atom. The Morgan fingerprint density at radius 2 is 1.57 bits per heavy atom. The number of hydrogen-bond donors (Lipinski definition) is 2. The molecule has 0 spiro atoms. The minimum atomic E-state index is -1.26. The number of carboxylic acids is 2. The third kappa shape index (κ3) is 10.00. The summed E-state index contributed by atoms with van der Waals surface area (Å²) < 4.78 is 5.53. The lowest BCUT2D eigenvalue weighted by Crippen LogP contribution is -2.50. The van der Waals surface area contributed by atoms with Gasteiger partial charge in [-0.25, -0.2) is 14.6 Å². The fourth-order valence-corrected chi connectivity index (χ4v) is 4.91. The highest BCUT2D eigenvalue weighted by Gasteiger charge is 2.28. The molecule has 2 aromatic rings. The fraction of sp³-hybridized carbons (Fsp3) is 0.467. The first-order valence-electron chi connectivity index (χ1n) is 13.4. The molecule has 0 bridgehead atoms. The van der Waals surface area contributed by atoms with Crippen molar-refractivity contribution in [1.82, 2.24) is 9.88 Å². The standard InChI is InChI=1S/C25H34N4O2.C4H4O4.CH4/c1-31-23-12-6-5-11-22(23)28-18-15-27(16-19-28)17-20-29(24-13-7-8-14-26-24)25(30)21-9-3-2-4-10-21;5-3(6)1-2-4(7)8;/h5-8,11-14,21H,2-4,9-10,15-20H2,1H3;1-2H,(H,5,6)(H,7,8);1H4/b;2-1-;. The zero-order chi connectivity index (χ0) is 28.0. The van der Waals surface area contributed by atoms with E-state index < -0.39 is 11.9 Å². The van der Waals surface area contributed by atoms with E-state index in [0.29, 0.717) is 18.7 Å². The van der Waals surface area contributed by atoms with Crippen LogP contribution in [-0.4, -0.2) is 84.3 Å². The number of carbonyl (C=O) groups is 3. The van der Waals surface area contributed by atoms with E-state index in [1.54, 1.807) is 13.3 Å². The lowest BCUT2D eigenvalue weighted by Gasteiger charge is -2.37. The second-order valence-corrected chi connectivity index (χ2v) is 9.52. The van der Waals surface area contributed by atoms with Gasteiger partial charge in [0.25, 0.3) is 0 Å². The van der Waals surface area contributed by atoms with Crippen LogP contribution in [0.2, 0.25) is 0 Å². The van der Waals surface area contributed by atoms with Crippen LogP contribution in [0.1, 0.15) is 39.5 Å². The van der Waals surface area contributed by atoms with Crippen molar-refractivity contribution in [2.45, 2.75) is 39.5 Å². The number of methoxy groups -OCH3 is 1. The molecule has 0 unspecified atom stereocenters. The van der Waals surface area contributed by atoms with Gasteiger partial charge >= 0.3 is 11.9 Å². The lowest BCUT2D eigenvalue weighted by molar-refractivity contribution is -0.134. The van der Waals surface area contributed by atoms with Crippen molar-refractivity contribution in [3.8, 4) is 5.75 Å². The number of piperazine rings is 1. The molecule has 1 aromatic heterocycles. The number of carbonyl (C=O) groups excluding carboxylic acids is 1. The van der Waals surface area contributed by atoms with Crippen molar-refractivity contribution < 1.29 is 29.3 Å². The summed E-state index contributed by atoms with van der Waals surface area (Å²) in [6.45, 7) is 5.44. The van der Waals surface area contributed by atoms with Crippen molar-refractivity contribution in [3.05, 3.63) is 60.8 Å². The maximum atomic E-state index is 13.3. The van der Waals surface area contributed by atoms with Gasteiger partial charge in [-0.2, -0.15) is 0 Å². The molecule has 2 heterocycles. The van der Waals surface area contributed by atoms with Crippen LogP contribution >= 0.6 is 0 Å². The third-order valence-corrected chi connectivity index (χ3v) is 6.95. The third-order valence-electron chi connectivity index (χ3n) is 6.95. The van der Waals surface area contributed by atoms with Crippen LogP contribution < -0.4 is 14.5 Å². The highest BCUT2D eigenvalue weighted by molar-refractivity contribution is 5.94. The normalized spacial score (nSPS) is 15.9. The summed E-state index contributed by atoms with van der Waals surface area (Å²) in [6, 6.07) is 14.0. The van der Waals surface area contributed by atoms with E-state index >= 15 is 0 Å². The average molecular weight is 555 g/mol. The van der Waals surface area contributed by atoms with Gasteiger partial charge in [0.15, 0.2) is 0 Å². The molecule has 2 fully saturated rings. The molecule has 1 amide bonds. The maximum absolute atomic E-state index is 13.3. The number of anilines is 2. The van der Waals surface area contributed by atoms with Crippen molar-refractivity contribution >= 4 is 29.4 Å². The molecule has 4 rings (SSSR count). The molecule has 2 aliphatic rings. The molecule has 1 aromatic carbocycles. The Bertz CT molecular complexity index is 1080. The number of pyridine rings is 1. The number of para-hydroxylation sites is 2. The van der Waals surface area contributed by atoms with Gasteiger partial charge in [0.05, 0.1) is 12.8 Å². The quantitative estimate of drug-likeness (QED) is 0.440. The second-order valence-electron chi connectivity index (χ2n) is 9.52. The Morgan fingerprint density at radius 1 is 0.950 bits per heavy atom. The summed E-state index contributed by atoms with van der Waals surface area (Å²) in [4.78, 5) is 43.7. The van der Waals surface area contributed by atoms with E-state index in [1.807, 2.05) is 35.2 Å². The smallest absolute Gasteiger partial charge is 0.328 e. The minimum absolute atomic E-state index is 0. The molecule has 10 heteroatoms. The maximum Gasteiger partial charge on any atom is 0.328 e. The predicted molar refractivity (Wildman–Crippen MR) is 156 cm³/mol. The number of benzene rings is 1. The second kappa shape index (κ2) is 16.9. The molecule has 40 heavy (non-hydrogen) atoms. The van der Waals surface area contributed by atoms with Crippen molar-refractivity contribution in [2.24, 2.45) is 5.92 Å². The van der Waals surface area contributed by atoms with E-state index in [0.717, 1.165) is 75.7 Å². The van der Waals surface area contributed by atoms with Gasteiger partial charge in [-0.3, -0.25) is 14.6 Å². The van der Waals surface area contributed by atoms with Crippen LogP contribution in [0.3, 0.4) is 0 Å². The molecule has 0 radical (unpaired) electrons. The van der Waals surface area contributed by atoms with Crippen molar-refractivity contribution in [1.29, 1.82) is 0 Å². The number of nitrogens with zero attached hydrogens (tertiary/aromatic N) is 4. The topological polar surface area (TPSA) is 124 Å². The lowest BCUT2D eigenvalue weighted by atomic mass is 9.88. The predicted octanol–water partition coefficient (Wildman–Crippen LogP) is 4.17. The first kappa shape index (κ1) is 32.3. The molecule has 1 saturated carbocycles. The SMILES string of the molecule is C.COc1ccccc1N1CCN(CCN(C(=O)C2CCCCC2)c2ccccn2)CC1.O=C(O)/C=C\C(=O)O. The van der Waals surface area contributed by atoms with Gasteiger partial charge in [0.2, 0.25) is 5.91 Å². The number of aliphatic carboxylic acids is 2. The fourth-order valence-electron chi connectivity index (χ4n) is 4.91. The molecule has 1 saturated heterocycles. The Labute approximate surface area is 236 Å². The Hall–Kier alpha value is -3.92. The van der Waals surface area contributed by atoms with E-state index in [4.69, 9.17) is 14.9 Å². The van der Waals surface area contributed by atoms with Gasteiger partial charge in [-0.1, -0.05) is 44.9 Å². The van der Waals surface area contributed by atoms with Crippen LogP contribution in [0.4, 0.5) is 11.5 Å². The molecular weight excluding hydrogens is 512 g/mol. The van der Waals surface area contributed by atoms with E-state index in [2.05, 4.69) is 26.9 Å². The van der Waals surface area contributed by atoms with Gasteiger partial charge in [0.1, 0.15) is 11.6 Å². The van der Waals surface area contributed by atoms with Crippen molar-refractivity contribution in [2.75, 3.05) is 56.2 Å². The van der Waals surface area contributed by atoms with Crippen LogP contribution in [-0.2, 0) is 14.4 Å². The molecule has 1 aliphatic carbocycles. The zero-order valence-corrected chi connectivity index (χ0v) is 22.4. The number of ether oxygens (including phenoxy) is 1. The number of hydrogen-bond acceptors (Lipinski definition) is 7.